The molecule has 0 saturated carbocycles. The van der Waals surface area contributed by atoms with Gasteiger partial charge in [-0.3, -0.25) is 4.79 Å². The van der Waals surface area contributed by atoms with E-state index >= 15 is 0 Å². The van der Waals surface area contributed by atoms with Gasteiger partial charge in [0.25, 0.3) is 0 Å². The van der Waals surface area contributed by atoms with Crippen molar-refractivity contribution < 1.29 is 9.53 Å². The molecule has 0 radical (unpaired) electrons. The quantitative estimate of drug-likeness (QED) is 0.624. The number of methoxy groups -OCH3 is 1. The van der Waals surface area contributed by atoms with Crippen LogP contribution in [0.15, 0.2) is 36.4 Å². The van der Waals surface area contributed by atoms with Crippen molar-refractivity contribution in [3.05, 3.63) is 47.0 Å². The van der Waals surface area contributed by atoms with Crippen LogP contribution >= 0.6 is 11.3 Å². The molecule has 166 valence electrons. The highest BCUT2D eigenvalue weighted by atomic mass is 32.1. The summed E-state index contributed by atoms with van der Waals surface area (Å²) >= 11 is 1.64. The van der Waals surface area contributed by atoms with E-state index in [0.29, 0.717) is 6.54 Å². The number of thiazole rings is 1. The maximum absolute atomic E-state index is 12.9. The van der Waals surface area contributed by atoms with Crippen molar-refractivity contribution in [2.24, 2.45) is 5.92 Å². The second-order valence-electron chi connectivity index (χ2n) is 8.38. The molecule has 1 atom stereocenters. The SMILES string of the molecule is COc1ccc(-c2ccc(N3CCCC(C(=O)Nc4nc5c(s4)CCCC5)C3)nn2)cc1. The van der Waals surface area contributed by atoms with Crippen molar-refractivity contribution in [3.8, 4) is 17.0 Å². The average Bonchev–Trinajstić information content (AvgIpc) is 3.26. The predicted molar refractivity (Wildman–Crippen MR) is 126 cm³/mol. The lowest BCUT2D eigenvalue weighted by Crippen LogP contribution is -2.41. The van der Waals surface area contributed by atoms with Crippen LogP contribution in [0.4, 0.5) is 10.9 Å². The van der Waals surface area contributed by atoms with E-state index in [4.69, 9.17) is 4.74 Å². The van der Waals surface area contributed by atoms with Gasteiger partial charge in [-0.2, -0.15) is 0 Å². The first-order chi connectivity index (χ1) is 15.7. The minimum absolute atomic E-state index is 0.0589. The van der Waals surface area contributed by atoms with Gasteiger partial charge < -0.3 is 15.0 Å². The van der Waals surface area contributed by atoms with E-state index in [2.05, 4.69) is 25.4 Å². The van der Waals surface area contributed by atoms with Crippen molar-refractivity contribution in [1.82, 2.24) is 15.2 Å². The number of nitrogens with zero attached hydrogens (tertiary/aromatic N) is 4. The van der Waals surface area contributed by atoms with E-state index in [0.717, 1.165) is 60.2 Å². The second kappa shape index (κ2) is 9.24. The molecular formula is C24H27N5O2S. The fraction of sp³-hybridized carbons (Fsp3) is 0.417. The molecule has 3 heterocycles. The fourth-order valence-corrected chi connectivity index (χ4v) is 5.47. The molecule has 1 amide bonds. The monoisotopic (exact) mass is 449 g/mol. The number of aromatic nitrogens is 3. The number of fused-ring (bicyclic) bond motifs is 1. The molecule has 2 aromatic heterocycles. The van der Waals surface area contributed by atoms with Crippen molar-refractivity contribution in [2.75, 3.05) is 30.4 Å². The summed E-state index contributed by atoms with van der Waals surface area (Å²) in [5.74, 6) is 1.61. The second-order valence-corrected chi connectivity index (χ2v) is 9.46. The Morgan fingerprint density at radius 2 is 1.94 bits per heavy atom. The zero-order chi connectivity index (χ0) is 21.9. The molecule has 32 heavy (non-hydrogen) atoms. The van der Waals surface area contributed by atoms with E-state index in [1.165, 1.54) is 23.4 Å². The Morgan fingerprint density at radius 3 is 2.69 bits per heavy atom. The van der Waals surface area contributed by atoms with Gasteiger partial charge in [-0.15, -0.1) is 21.5 Å². The molecule has 1 unspecified atom stereocenters. The highest BCUT2D eigenvalue weighted by Gasteiger charge is 2.28. The van der Waals surface area contributed by atoms with Crippen LogP contribution in [0.25, 0.3) is 11.3 Å². The summed E-state index contributed by atoms with van der Waals surface area (Å²) in [7, 11) is 1.65. The number of benzene rings is 1. The third-order valence-corrected chi connectivity index (χ3v) is 7.30. The van der Waals surface area contributed by atoms with Crippen LogP contribution in [0.2, 0.25) is 0 Å². The number of hydrogen-bond donors (Lipinski definition) is 1. The molecule has 7 nitrogen and oxygen atoms in total. The maximum Gasteiger partial charge on any atom is 0.231 e. The third-order valence-electron chi connectivity index (χ3n) is 6.23. The number of carbonyl (C=O) groups excluding carboxylic acids is 1. The minimum Gasteiger partial charge on any atom is -0.497 e. The summed E-state index contributed by atoms with van der Waals surface area (Å²) in [6.45, 7) is 1.53. The lowest BCUT2D eigenvalue weighted by Gasteiger charge is -2.32. The van der Waals surface area contributed by atoms with Gasteiger partial charge in [0.05, 0.1) is 24.4 Å². The van der Waals surface area contributed by atoms with Crippen LogP contribution < -0.4 is 15.0 Å². The van der Waals surface area contributed by atoms with Gasteiger partial charge in [0.1, 0.15) is 5.75 Å². The molecule has 1 fully saturated rings. The number of anilines is 2. The van der Waals surface area contributed by atoms with E-state index in [9.17, 15) is 4.79 Å². The standard InChI is InChI=1S/C24H27N5O2S/c1-31-18-10-8-16(9-11-18)19-12-13-22(28-27-19)29-14-4-5-17(15-29)23(30)26-24-25-20-6-2-3-7-21(20)32-24/h8-13,17H,2-7,14-15H2,1H3,(H,25,26,30). The summed E-state index contributed by atoms with van der Waals surface area (Å²) < 4.78 is 5.21. The highest BCUT2D eigenvalue weighted by molar-refractivity contribution is 7.15. The van der Waals surface area contributed by atoms with Gasteiger partial charge in [0.15, 0.2) is 10.9 Å². The number of piperidine rings is 1. The first-order valence-corrected chi connectivity index (χ1v) is 12.0. The summed E-state index contributed by atoms with van der Waals surface area (Å²) in [5.41, 5.74) is 2.98. The van der Waals surface area contributed by atoms with Gasteiger partial charge in [-0.25, -0.2) is 4.98 Å². The first kappa shape index (κ1) is 20.9. The normalized spacial score (nSPS) is 18.2. The summed E-state index contributed by atoms with van der Waals surface area (Å²) in [6.07, 6.45) is 6.37. The van der Waals surface area contributed by atoms with Crippen LogP contribution in [0.5, 0.6) is 5.75 Å². The molecule has 5 rings (SSSR count). The largest absolute Gasteiger partial charge is 0.497 e. The number of ether oxygens (including phenoxy) is 1. The molecule has 1 N–H and O–H groups in total. The number of amides is 1. The van der Waals surface area contributed by atoms with Crippen molar-refractivity contribution >= 4 is 28.2 Å². The van der Waals surface area contributed by atoms with Gasteiger partial charge in [-0.1, -0.05) is 0 Å². The Kier molecular flexibility index (Phi) is 6.03. The first-order valence-electron chi connectivity index (χ1n) is 11.2. The average molecular weight is 450 g/mol. The summed E-state index contributed by atoms with van der Waals surface area (Å²) in [4.78, 5) is 21.1. The van der Waals surface area contributed by atoms with E-state index in [1.54, 1.807) is 18.4 Å². The molecule has 1 aliphatic heterocycles. The Balaban J connectivity index is 1.23. The molecule has 3 aromatic rings. The number of aryl methyl sites for hydroxylation is 2. The topological polar surface area (TPSA) is 80.2 Å². The molecule has 2 aliphatic rings. The lowest BCUT2D eigenvalue weighted by molar-refractivity contribution is -0.120. The van der Waals surface area contributed by atoms with Gasteiger partial charge in [-0.05, 0) is 74.9 Å². The predicted octanol–water partition coefficient (Wildman–Crippen LogP) is 4.34. The van der Waals surface area contributed by atoms with Crippen molar-refractivity contribution in [2.45, 2.75) is 38.5 Å². The third kappa shape index (κ3) is 4.46. The molecule has 8 heteroatoms. The number of carbonyl (C=O) groups is 1. The fourth-order valence-electron chi connectivity index (χ4n) is 4.42. The van der Waals surface area contributed by atoms with E-state index in [-0.39, 0.29) is 11.8 Å². The van der Waals surface area contributed by atoms with Crippen LogP contribution in [-0.2, 0) is 17.6 Å². The van der Waals surface area contributed by atoms with Crippen LogP contribution in [0, 0.1) is 5.92 Å². The van der Waals surface area contributed by atoms with E-state index < -0.39 is 0 Å². The van der Waals surface area contributed by atoms with Crippen LogP contribution in [-0.4, -0.2) is 41.3 Å². The van der Waals surface area contributed by atoms with Gasteiger partial charge in [0, 0.05) is 23.5 Å². The highest BCUT2D eigenvalue weighted by Crippen LogP contribution is 2.31. The zero-order valence-corrected chi connectivity index (χ0v) is 19.0. The van der Waals surface area contributed by atoms with Crippen LogP contribution in [0.1, 0.15) is 36.3 Å². The smallest absolute Gasteiger partial charge is 0.231 e. The van der Waals surface area contributed by atoms with E-state index in [1.807, 2.05) is 36.4 Å². The van der Waals surface area contributed by atoms with Crippen molar-refractivity contribution in [1.29, 1.82) is 0 Å². The molecule has 1 aromatic carbocycles. The number of nitrogens with one attached hydrogen (secondary N) is 1. The Morgan fingerprint density at radius 1 is 1.09 bits per heavy atom. The Hall–Kier alpha value is -3.00. The molecule has 1 saturated heterocycles. The Bertz CT molecular complexity index is 1060. The van der Waals surface area contributed by atoms with Crippen molar-refractivity contribution in [3.63, 3.8) is 0 Å². The maximum atomic E-state index is 12.9. The molecule has 0 bridgehead atoms. The summed E-state index contributed by atoms with van der Waals surface area (Å²) in [5, 5.41) is 12.7. The summed E-state index contributed by atoms with van der Waals surface area (Å²) in [6, 6.07) is 11.7. The van der Waals surface area contributed by atoms with Gasteiger partial charge in [0.2, 0.25) is 5.91 Å². The lowest BCUT2D eigenvalue weighted by atomic mass is 9.97. The number of hydrogen-bond acceptors (Lipinski definition) is 7. The minimum atomic E-state index is -0.0762. The zero-order valence-electron chi connectivity index (χ0n) is 18.2. The van der Waals surface area contributed by atoms with Crippen LogP contribution in [0.3, 0.4) is 0 Å². The molecular weight excluding hydrogens is 422 g/mol. The van der Waals surface area contributed by atoms with Gasteiger partial charge >= 0.3 is 0 Å². The molecule has 1 aliphatic carbocycles. The Labute approximate surface area is 191 Å². The molecule has 0 spiro atoms. The number of rotatable bonds is 5.